The maximum atomic E-state index is 14.2. The normalized spacial score (nSPS) is 13.4. The van der Waals surface area contributed by atoms with Gasteiger partial charge in [-0.2, -0.15) is 11.8 Å². The lowest BCUT2D eigenvalue weighted by Gasteiger charge is -2.19. The van der Waals surface area contributed by atoms with Gasteiger partial charge in [-0.1, -0.05) is 6.07 Å². The Morgan fingerprint density at radius 2 is 2.32 bits per heavy atom. The number of rotatable bonds is 4. The summed E-state index contributed by atoms with van der Waals surface area (Å²) in [6, 6.07) is 3.53. The van der Waals surface area contributed by atoms with E-state index in [1.165, 1.54) is 0 Å². The lowest BCUT2D eigenvalue weighted by atomic mass is 9.99. The quantitative estimate of drug-likeness (QED) is 0.898. The third-order valence-electron chi connectivity index (χ3n) is 3.01. The molecule has 1 aromatic rings. The molecule has 6 heteroatoms. The van der Waals surface area contributed by atoms with Crippen molar-refractivity contribution in [2.45, 2.75) is 19.4 Å². The highest BCUT2D eigenvalue weighted by Gasteiger charge is 2.17. The van der Waals surface area contributed by atoms with Crippen LogP contribution in [-0.2, 0) is 17.8 Å². The lowest BCUT2D eigenvalue weighted by Crippen LogP contribution is -2.25. The van der Waals surface area contributed by atoms with E-state index in [1.54, 1.807) is 17.8 Å². The van der Waals surface area contributed by atoms with Gasteiger partial charge in [0, 0.05) is 18.7 Å². The largest absolute Gasteiger partial charge is 0.324 e. The van der Waals surface area contributed by atoms with Gasteiger partial charge < -0.3 is 10.6 Å². The first-order chi connectivity index (χ1) is 8.72. The minimum atomic E-state index is -0.272. The molecule has 2 rings (SSSR count). The van der Waals surface area contributed by atoms with E-state index in [9.17, 15) is 9.18 Å². The smallest absolute Gasteiger partial charge is 0.225 e. The van der Waals surface area contributed by atoms with Crippen molar-refractivity contribution in [3.8, 4) is 0 Å². The molecule has 1 heterocycles. The summed E-state index contributed by atoms with van der Waals surface area (Å²) in [5.74, 6) is 0.353. The topological polar surface area (TPSA) is 41.1 Å². The minimum absolute atomic E-state index is 0. The molecule has 19 heavy (non-hydrogen) atoms. The SMILES string of the molecule is CSCCC(=O)Nc1ccc2c(c1F)CCNC2.Cl. The fraction of sp³-hybridized carbons (Fsp3) is 0.462. The number of carbonyl (C=O) groups excluding carboxylic acids is 1. The highest BCUT2D eigenvalue weighted by atomic mass is 35.5. The standard InChI is InChI=1S/C13H17FN2OS.ClH/c1-18-7-5-12(17)16-11-3-2-9-8-15-6-4-10(9)13(11)14;/h2-3,15H,4-8H2,1H3,(H,16,17);1H. The summed E-state index contributed by atoms with van der Waals surface area (Å²) in [7, 11) is 0. The van der Waals surface area contributed by atoms with E-state index < -0.39 is 0 Å². The molecule has 0 fully saturated rings. The van der Waals surface area contributed by atoms with Gasteiger partial charge in [0.1, 0.15) is 5.82 Å². The maximum absolute atomic E-state index is 14.2. The fourth-order valence-corrected chi connectivity index (χ4v) is 2.43. The molecule has 1 amide bonds. The van der Waals surface area contributed by atoms with Crippen molar-refractivity contribution in [2.75, 3.05) is 23.9 Å². The number of halogens is 2. The first-order valence-corrected chi connectivity index (χ1v) is 7.41. The number of thioether (sulfide) groups is 1. The molecule has 0 saturated heterocycles. The Morgan fingerprint density at radius 3 is 3.05 bits per heavy atom. The Bertz CT molecular complexity index is 457. The molecule has 0 spiro atoms. The molecule has 0 saturated carbocycles. The van der Waals surface area contributed by atoms with E-state index >= 15 is 0 Å². The predicted molar refractivity (Wildman–Crippen MR) is 80.7 cm³/mol. The fourth-order valence-electron chi connectivity index (χ4n) is 2.04. The molecular formula is C13H18ClFN2OS. The highest BCUT2D eigenvalue weighted by Crippen LogP contribution is 2.24. The number of fused-ring (bicyclic) bond motifs is 1. The predicted octanol–water partition coefficient (Wildman–Crippen LogP) is 2.58. The van der Waals surface area contributed by atoms with Gasteiger partial charge in [-0.3, -0.25) is 4.79 Å². The van der Waals surface area contributed by atoms with Crippen LogP contribution in [0.3, 0.4) is 0 Å². The first kappa shape index (κ1) is 16.3. The van der Waals surface area contributed by atoms with Crippen molar-refractivity contribution < 1.29 is 9.18 Å². The van der Waals surface area contributed by atoms with E-state index in [2.05, 4.69) is 10.6 Å². The van der Waals surface area contributed by atoms with E-state index in [0.717, 1.165) is 23.4 Å². The zero-order chi connectivity index (χ0) is 13.0. The van der Waals surface area contributed by atoms with E-state index in [-0.39, 0.29) is 24.1 Å². The highest BCUT2D eigenvalue weighted by molar-refractivity contribution is 7.98. The monoisotopic (exact) mass is 304 g/mol. The number of amides is 1. The Labute approximate surface area is 123 Å². The van der Waals surface area contributed by atoms with Crippen molar-refractivity contribution in [3.63, 3.8) is 0 Å². The van der Waals surface area contributed by atoms with Crippen molar-refractivity contribution in [1.82, 2.24) is 5.32 Å². The van der Waals surface area contributed by atoms with Crippen LogP contribution in [-0.4, -0.2) is 24.5 Å². The first-order valence-electron chi connectivity index (χ1n) is 6.02. The van der Waals surface area contributed by atoms with Crippen LogP contribution in [0.1, 0.15) is 17.5 Å². The molecule has 106 valence electrons. The summed E-state index contributed by atoms with van der Waals surface area (Å²) in [6.45, 7) is 1.49. The summed E-state index contributed by atoms with van der Waals surface area (Å²) < 4.78 is 14.2. The van der Waals surface area contributed by atoms with Gasteiger partial charge in [0.2, 0.25) is 5.91 Å². The second kappa shape index (κ2) is 7.72. The summed E-state index contributed by atoms with van der Waals surface area (Å²) in [6.07, 6.45) is 3.04. The van der Waals surface area contributed by atoms with Crippen molar-refractivity contribution in [3.05, 3.63) is 29.1 Å². The van der Waals surface area contributed by atoms with Gasteiger partial charge in [-0.15, -0.1) is 12.4 Å². The zero-order valence-electron chi connectivity index (χ0n) is 10.8. The summed E-state index contributed by atoms with van der Waals surface area (Å²) in [5.41, 5.74) is 2.03. The van der Waals surface area contributed by atoms with Crippen molar-refractivity contribution in [2.24, 2.45) is 0 Å². The average Bonchev–Trinajstić information content (AvgIpc) is 2.40. The molecule has 2 N–H and O–H groups in total. The van der Waals surface area contributed by atoms with Crippen LogP contribution < -0.4 is 10.6 Å². The van der Waals surface area contributed by atoms with Crippen LogP contribution >= 0.6 is 24.2 Å². The van der Waals surface area contributed by atoms with Gasteiger partial charge in [-0.05, 0) is 36.4 Å². The average molecular weight is 305 g/mol. The molecule has 0 aromatic heterocycles. The minimum Gasteiger partial charge on any atom is -0.324 e. The van der Waals surface area contributed by atoms with Gasteiger partial charge in [0.15, 0.2) is 0 Å². The number of anilines is 1. The Balaban J connectivity index is 0.00000180. The molecule has 3 nitrogen and oxygen atoms in total. The molecule has 0 atom stereocenters. The van der Waals surface area contributed by atoms with Crippen LogP contribution in [0.15, 0.2) is 12.1 Å². The molecule has 0 unspecified atom stereocenters. The molecule has 1 aliphatic rings. The maximum Gasteiger partial charge on any atom is 0.225 e. The van der Waals surface area contributed by atoms with Crippen LogP contribution in [0.5, 0.6) is 0 Å². The number of nitrogens with one attached hydrogen (secondary N) is 2. The number of benzene rings is 1. The van der Waals surface area contributed by atoms with Crippen molar-refractivity contribution in [1.29, 1.82) is 0 Å². The van der Waals surface area contributed by atoms with Crippen LogP contribution in [0.2, 0.25) is 0 Å². The van der Waals surface area contributed by atoms with Gasteiger partial charge in [-0.25, -0.2) is 4.39 Å². The second-order valence-corrected chi connectivity index (χ2v) is 5.27. The molecule has 1 aliphatic heterocycles. The Hall–Kier alpha value is -0.780. The third-order valence-corrected chi connectivity index (χ3v) is 3.63. The number of carbonyl (C=O) groups is 1. The zero-order valence-corrected chi connectivity index (χ0v) is 12.4. The molecule has 0 aliphatic carbocycles. The number of hydrogen-bond acceptors (Lipinski definition) is 3. The van der Waals surface area contributed by atoms with Gasteiger partial charge in [0.25, 0.3) is 0 Å². The van der Waals surface area contributed by atoms with Gasteiger partial charge in [0.05, 0.1) is 5.69 Å². The van der Waals surface area contributed by atoms with Gasteiger partial charge >= 0.3 is 0 Å². The molecular weight excluding hydrogens is 287 g/mol. The second-order valence-electron chi connectivity index (χ2n) is 4.28. The Kier molecular flexibility index (Phi) is 6.62. The molecule has 0 radical (unpaired) electrons. The Morgan fingerprint density at radius 1 is 1.53 bits per heavy atom. The third kappa shape index (κ3) is 4.09. The summed E-state index contributed by atoms with van der Waals surface area (Å²) in [4.78, 5) is 11.6. The van der Waals surface area contributed by atoms with Crippen LogP contribution in [0.25, 0.3) is 0 Å². The van der Waals surface area contributed by atoms with Crippen LogP contribution in [0.4, 0.5) is 10.1 Å². The van der Waals surface area contributed by atoms with Crippen molar-refractivity contribution >= 4 is 35.8 Å². The van der Waals surface area contributed by atoms with E-state index in [0.29, 0.717) is 25.1 Å². The van der Waals surface area contributed by atoms with E-state index in [4.69, 9.17) is 0 Å². The number of hydrogen-bond donors (Lipinski definition) is 2. The summed E-state index contributed by atoms with van der Waals surface area (Å²) >= 11 is 1.60. The molecule has 0 bridgehead atoms. The van der Waals surface area contributed by atoms with Crippen LogP contribution in [0, 0.1) is 5.82 Å². The molecule has 1 aromatic carbocycles. The summed E-state index contributed by atoms with van der Waals surface area (Å²) in [5, 5.41) is 5.85. The van der Waals surface area contributed by atoms with E-state index in [1.807, 2.05) is 12.3 Å². The lowest BCUT2D eigenvalue weighted by molar-refractivity contribution is -0.115.